The van der Waals surface area contributed by atoms with Crippen molar-refractivity contribution in [1.82, 2.24) is 14.9 Å². The molecule has 0 radical (unpaired) electrons. The van der Waals surface area contributed by atoms with Gasteiger partial charge in [0, 0.05) is 32.2 Å². The van der Waals surface area contributed by atoms with Crippen LogP contribution in [0.15, 0.2) is 17.4 Å². The van der Waals surface area contributed by atoms with Gasteiger partial charge in [-0.2, -0.15) is 0 Å². The summed E-state index contributed by atoms with van der Waals surface area (Å²) >= 11 is 1.50. The van der Waals surface area contributed by atoms with E-state index < -0.39 is 0 Å². The molecule has 1 aromatic heterocycles. The number of piperidine rings is 1. The Morgan fingerprint density at radius 1 is 1.14 bits per heavy atom. The minimum absolute atomic E-state index is 0.219. The monoisotopic (exact) mass is 322 g/mol. The number of rotatable bonds is 4. The molecule has 1 aromatic rings. The van der Waals surface area contributed by atoms with E-state index in [2.05, 4.69) is 14.9 Å². The molecule has 0 aliphatic carbocycles. The van der Waals surface area contributed by atoms with E-state index in [1.807, 2.05) is 11.0 Å². The highest BCUT2D eigenvalue weighted by Crippen LogP contribution is 2.21. The largest absolute Gasteiger partial charge is 0.378 e. The lowest BCUT2D eigenvalue weighted by Gasteiger charge is -2.28. The maximum atomic E-state index is 12.2. The SMILES string of the molecule is O=C(CSc1cc(N2CCOCC2)ncn1)N1CCCCC1. The van der Waals surface area contributed by atoms with Gasteiger partial charge in [-0.15, -0.1) is 0 Å². The topological polar surface area (TPSA) is 58.6 Å². The summed E-state index contributed by atoms with van der Waals surface area (Å²) < 4.78 is 5.36. The molecule has 22 heavy (non-hydrogen) atoms. The molecule has 7 heteroatoms. The van der Waals surface area contributed by atoms with Crippen LogP contribution in [0.3, 0.4) is 0 Å². The van der Waals surface area contributed by atoms with Gasteiger partial charge in [0.15, 0.2) is 0 Å². The molecule has 1 amide bonds. The summed E-state index contributed by atoms with van der Waals surface area (Å²) in [6.45, 7) is 4.99. The zero-order valence-electron chi connectivity index (χ0n) is 12.7. The van der Waals surface area contributed by atoms with Crippen LogP contribution in [0.25, 0.3) is 0 Å². The molecular formula is C15H22N4O2S. The van der Waals surface area contributed by atoms with Gasteiger partial charge in [0.05, 0.1) is 19.0 Å². The normalized spacial score (nSPS) is 19.3. The Morgan fingerprint density at radius 3 is 2.68 bits per heavy atom. The first kappa shape index (κ1) is 15.6. The van der Waals surface area contributed by atoms with Crippen LogP contribution in [0.5, 0.6) is 0 Å². The highest BCUT2D eigenvalue weighted by atomic mass is 32.2. The van der Waals surface area contributed by atoms with Gasteiger partial charge in [-0.25, -0.2) is 9.97 Å². The summed E-state index contributed by atoms with van der Waals surface area (Å²) in [6.07, 6.45) is 5.08. The standard InChI is InChI=1S/C15H22N4O2S/c20-15(19-4-2-1-3-5-19)11-22-14-10-13(16-12-17-14)18-6-8-21-9-7-18/h10,12H,1-9,11H2. The summed E-state index contributed by atoms with van der Waals surface area (Å²) in [5.41, 5.74) is 0. The number of amides is 1. The molecule has 2 fully saturated rings. The molecule has 2 aliphatic rings. The molecule has 0 N–H and O–H groups in total. The summed E-state index contributed by atoms with van der Waals surface area (Å²) in [6, 6.07) is 1.97. The molecule has 0 saturated carbocycles. The van der Waals surface area contributed by atoms with Crippen molar-refractivity contribution in [3.63, 3.8) is 0 Å². The van der Waals surface area contributed by atoms with Crippen LogP contribution in [0, 0.1) is 0 Å². The Balaban J connectivity index is 1.54. The van der Waals surface area contributed by atoms with E-state index in [4.69, 9.17) is 4.74 Å². The molecule has 0 spiro atoms. The Labute approximate surface area is 135 Å². The number of morpholine rings is 1. The lowest BCUT2D eigenvalue weighted by molar-refractivity contribution is -0.129. The van der Waals surface area contributed by atoms with Crippen molar-refractivity contribution in [3.8, 4) is 0 Å². The predicted octanol–water partition coefficient (Wildman–Crippen LogP) is 1.42. The number of hydrogen-bond acceptors (Lipinski definition) is 6. The van der Waals surface area contributed by atoms with E-state index in [1.54, 1.807) is 6.33 Å². The highest BCUT2D eigenvalue weighted by Gasteiger charge is 2.17. The number of hydrogen-bond donors (Lipinski definition) is 0. The zero-order chi connectivity index (χ0) is 15.2. The number of aromatic nitrogens is 2. The number of nitrogens with zero attached hydrogens (tertiary/aromatic N) is 4. The van der Waals surface area contributed by atoms with Crippen LogP contribution in [-0.2, 0) is 9.53 Å². The number of anilines is 1. The van der Waals surface area contributed by atoms with Crippen LogP contribution in [0.4, 0.5) is 5.82 Å². The smallest absolute Gasteiger partial charge is 0.232 e. The summed E-state index contributed by atoms with van der Waals surface area (Å²) in [5.74, 6) is 1.60. The second kappa shape index (κ2) is 7.78. The highest BCUT2D eigenvalue weighted by molar-refractivity contribution is 7.99. The molecular weight excluding hydrogens is 300 g/mol. The fourth-order valence-corrected chi connectivity index (χ4v) is 3.51. The Bertz CT molecular complexity index is 502. The number of carbonyl (C=O) groups excluding carboxylic acids is 1. The zero-order valence-corrected chi connectivity index (χ0v) is 13.6. The molecule has 2 aliphatic heterocycles. The average Bonchev–Trinajstić information content (AvgIpc) is 2.61. The third-order valence-corrected chi connectivity index (χ3v) is 4.93. The molecule has 120 valence electrons. The Hall–Kier alpha value is -1.34. The number of ether oxygens (including phenoxy) is 1. The molecule has 0 atom stereocenters. The van der Waals surface area contributed by atoms with Gasteiger partial charge >= 0.3 is 0 Å². The fourth-order valence-electron chi connectivity index (χ4n) is 2.74. The maximum Gasteiger partial charge on any atom is 0.232 e. The van der Waals surface area contributed by atoms with Gasteiger partial charge in [0.1, 0.15) is 17.2 Å². The number of carbonyl (C=O) groups is 1. The Kier molecular flexibility index (Phi) is 5.50. The molecule has 3 rings (SSSR count). The number of thioether (sulfide) groups is 1. The van der Waals surface area contributed by atoms with Crippen LogP contribution >= 0.6 is 11.8 Å². The molecule has 2 saturated heterocycles. The van der Waals surface area contributed by atoms with Gasteiger partial charge < -0.3 is 14.5 Å². The van der Waals surface area contributed by atoms with Gasteiger partial charge in [0.2, 0.25) is 5.91 Å². The fraction of sp³-hybridized carbons (Fsp3) is 0.667. The Morgan fingerprint density at radius 2 is 1.91 bits per heavy atom. The van der Waals surface area contributed by atoms with Crippen molar-refractivity contribution in [2.24, 2.45) is 0 Å². The molecule has 0 unspecified atom stereocenters. The maximum absolute atomic E-state index is 12.2. The molecule has 0 bridgehead atoms. The minimum atomic E-state index is 0.219. The number of likely N-dealkylation sites (tertiary alicyclic amines) is 1. The summed E-state index contributed by atoms with van der Waals surface area (Å²) in [7, 11) is 0. The van der Waals surface area contributed by atoms with E-state index in [0.717, 1.165) is 63.1 Å². The molecule has 0 aromatic carbocycles. The van der Waals surface area contributed by atoms with Crippen molar-refractivity contribution in [3.05, 3.63) is 12.4 Å². The third-order valence-electron chi connectivity index (χ3n) is 4.01. The lowest BCUT2D eigenvalue weighted by Crippen LogP contribution is -2.37. The van der Waals surface area contributed by atoms with Crippen LogP contribution in [0.1, 0.15) is 19.3 Å². The van der Waals surface area contributed by atoms with Crippen LogP contribution in [-0.4, -0.2) is 65.9 Å². The first-order chi connectivity index (χ1) is 10.8. The third kappa shape index (κ3) is 4.10. The van der Waals surface area contributed by atoms with E-state index in [1.165, 1.54) is 18.2 Å². The van der Waals surface area contributed by atoms with Crippen LogP contribution < -0.4 is 4.90 Å². The average molecular weight is 322 g/mol. The van der Waals surface area contributed by atoms with Crippen molar-refractivity contribution in [1.29, 1.82) is 0 Å². The first-order valence-corrected chi connectivity index (χ1v) is 8.87. The van der Waals surface area contributed by atoms with E-state index in [9.17, 15) is 4.79 Å². The lowest BCUT2D eigenvalue weighted by atomic mass is 10.1. The minimum Gasteiger partial charge on any atom is -0.378 e. The van der Waals surface area contributed by atoms with E-state index >= 15 is 0 Å². The second-order valence-electron chi connectivity index (χ2n) is 5.54. The molecule has 6 nitrogen and oxygen atoms in total. The van der Waals surface area contributed by atoms with Crippen molar-refractivity contribution >= 4 is 23.5 Å². The van der Waals surface area contributed by atoms with E-state index in [-0.39, 0.29) is 5.91 Å². The predicted molar refractivity (Wildman–Crippen MR) is 86.2 cm³/mol. The van der Waals surface area contributed by atoms with Crippen molar-refractivity contribution in [2.75, 3.05) is 50.0 Å². The van der Waals surface area contributed by atoms with Gasteiger partial charge in [-0.1, -0.05) is 11.8 Å². The van der Waals surface area contributed by atoms with Gasteiger partial charge in [-0.05, 0) is 19.3 Å². The summed E-state index contributed by atoms with van der Waals surface area (Å²) in [5, 5.41) is 0.863. The van der Waals surface area contributed by atoms with Crippen molar-refractivity contribution < 1.29 is 9.53 Å². The van der Waals surface area contributed by atoms with Gasteiger partial charge in [-0.3, -0.25) is 4.79 Å². The van der Waals surface area contributed by atoms with Crippen molar-refractivity contribution in [2.45, 2.75) is 24.3 Å². The summed E-state index contributed by atoms with van der Waals surface area (Å²) in [4.78, 5) is 25.0. The quantitative estimate of drug-likeness (QED) is 0.617. The first-order valence-electron chi connectivity index (χ1n) is 7.88. The van der Waals surface area contributed by atoms with E-state index in [0.29, 0.717) is 5.75 Å². The molecule has 3 heterocycles. The second-order valence-corrected chi connectivity index (χ2v) is 6.54. The van der Waals surface area contributed by atoms with Gasteiger partial charge in [0.25, 0.3) is 0 Å². The van der Waals surface area contributed by atoms with Crippen LogP contribution in [0.2, 0.25) is 0 Å².